The minimum atomic E-state index is -0.469. The van der Waals surface area contributed by atoms with Crippen LogP contribution >= 0.6 is 11.3 Å². The molecule has 1 aliphatic rings. The number of hydrogen-bond acceptors (Lipinski definition) is 4. The SMILES string of the molecule is CCCN(CC(=O)N1CCc2sccc2[C@@H]1COc1ccc(C)cc1C)C(=O)c1cccc(F)c1. The lowest BCUT2D eigenvalue weighted by Gasteiger charge is -2.37. The van der Waals surface area contributed by atoms with Gasteiger partial charge < -0.3 is 14.5 Å². The minimum absolute atomic E-state index is 0.0529. The maximum Gasteiger partial charge on any atom is 0.254 e. The van der Waals surface area contributed by atoms with Crippen LogP contribution in [0.4, 0.5) is 4.39 Å². The Labute approximate surface area is 210 Å². The van der Waals surface area contributed by atoms with Crippen molar-refractivity contribution in [3.63, 3.8) is 0 Å². The normalized spacial score (nSPS) is 15.0. The number of carbonyl (C=O) groups excluding carboxylic acids is 2. The van der Waals surface area contributed by atoms with Gasteiger partial charge in [-0.05, 0) is 73.5 Å². The fourth-order valence-electron chi connectivity index (χ4n) is 4.59. The second kappa shape index (κ2) is 11.0. The van der Waals surface area contributed by atoms with Crippen molar-refractivity contribution >= 4 is 23.2 Å². The Morgan fingerprint density at radius 2 is 2.00 bits per heavy atom. The number of carbonyl (C=O) groups is 2. The second-order valence-corrected chi connectivity index (χ2v) is 9.97. The molecule has 3 aromatic rings. The molecule has 7 heteroatoms. The average molecular weight is 495 g/mol. The van der Waals surface area contributed by atoms with Gasteiger partial charge in [0.05, 0.1) is 6.04 Å². The van der Waals surface area contributed by atoms with E-state index in [1.807, 2.05) is 37.8 Å². The molecular weight excluding hydrogens is 463 g/mol. The number of benzene rings is 2. The number of aryl methyl sites for hydroxylation is 2. The third kappa shape index (κ3) is 5.73. The average Bonchev–Trinajstić information content (AvgIpc) is 3.32. The highest BCUT2D eigenvalue weighted by Crippen LogP contribution is 2.34. The van der Waals surface area contributed by atoms with Gasteiger partial charge in [0.2, 0.25) is 5.91 Å². The van der Waals surface area contributed by atoms with E-state index in [0.717, 1.165) is 23.3 Å². The Balaban J connectivity index is 1.53. The van der Waals surface area contributed by atoms with Crippen LogP contribution in [0.15, 0.2) is 53.9 Å². The lowest BCUT2D eigenvalue weighted by atomic mass is 10.00. The minimum Gasteiger partial charge on any atom is -0.491 e. The first-order valence-electron chi connectivity index (χ1n) is 12.0. The summed E-state index contributed by atoms with van der Waals surface area (Å²) in [5, 5.41) is 2.06. The molecule has 0 unspecified atom stereocenters. The molecule has 4 rings (SSSR count). The Bertz CT molecular complexity index is 1210. The smallest absolute Gasteiger partial charge is 0.254 e. The first-order chi connectivity index (χ1) is 16.9. The van der Waals surface area contributed by atoms with E-state index in [9.17, 15) is 14.0 Å². The van der Waals surface area contributed by atoms with E-state index in [0.29, 0.717) is 26.1 Å². The molecule has 0 fully saturated rings. The topological polar surface area (TPSA) is 49.9 Å². The van der Waals surface area contributed by atoms with Crippen LogP contribution in [-0.2, 0) is 11.2 Å². The van der Waals surface area contributed by atoms with Crippen molar-refractivity contribution in [2.45, 2.75) is 39.7 Å². The standard InChI is InChI=1S/C28H31FN2O3S/c1-4-12-30(28(33)21-6-5-7-22(29)16-21)17-27(32)31-13-10-26-23(11-14-35-26)24(31)18-34-25-9-8-19(2)15-20(25)3/h5-9,11,14-16,24H,4,10,12-13,17-18H2,1-3H3/t24-/m0/s1. The van der Waals surface area contributed by atoms with Crippen molar-refractivity contribution in [2.75, 3.05) is 26.2 Å². The summed E-state index contributed by atoms with van der Waals surface area (Å²) >= 11 is 1.70. The first-order valence-corrected chi connectivity index (χ1v) is 12.9. The summed E-state index contributed by atoms with van der Waals surface area (Å²) in [6.45, 7) is 7.29. The Morgan fingerprint density at radius 1 is 1.17 bits per heavy atom. The van der Waals surface area contributed by atoms with E-state index >= 15 is 0 Å². The molecule has 0 N–H and O–H groups in total. The molecule has 1 aliphatic heterocycles. The summed E-state index contributed by atoms with van der Waals surface area (Å²) in [6.07, 6.45) is 1.48. The molecular formula is C28H31FN2O3S. The van der Waals surface area contributed by atoms with Gasteiger partial charge in [0.25, 0.3) is 5.91 Å². The molecule has 0 saturated carbocycles. The van der Waals surface area contributed by atoms with E-state index in [2.05, 4.69) is 17.5 Å². The number of thiophene rings is 1. The van der Waals surface area contributed by atoms with Gasteiger partial charge >= 0.3 is 0 Å². The summed E-state index contributed by atoms with van der Waals surface area (Å²) < 4.78 is 19.9. The van der Waals surface area contributed by atoms with Crippen molar-refractivity contribution in [1.82, 2.24) is 9.80 Å². The van der Waals surface area contributed by atoms with Crippen LogP contribution in [0.25, 0.3) is 0 Å². The lowest BCUT2D eigenvalue weighted by molar-refractivity contribution is -0.135. The highest BCUT2D eigenvalue weighted by atomic mass is 32.1. The van der Waals surface area contributed by atoms with Crippen LogP contribution in [0.3, 0.4) is 0 Å². The van der Waals surface area contributed by atoms with Crippen LogP contribution < -0.4 is 4.74 Å². The van der Waals surface area contributed by atoms with E-state index in [4.69, 9.17) is 4.74 Å². The van der Waals surface area contributed by atoms with Gasteiger partial charge in [-0.15, -0.1) is 11.3 Å². The second-order valence-electron chi connectivity index (χ2n) is 8.97. The molecule has 0 aliphatic carbocycles. The van der Waals surface area contributed by atoms with Gasteiger partial charge in [0, 0.05) is 23.5 Å². The van der Waals surface area contributed by atoms with Crippen LogP contribution in [0.2, 0.25) is 0 Å². The molecule has 0 spiro atoms. The number of rotatable bonds is 8. The van der Waals surface area contributed by atoms with E-state index in [1.54, 1.807) is 17.4 Å². The number of nitrogens with zero attached hydrogens (tertiary/aromatic N) is 2. The van der Waals surface area contributed by atoms with E-state index in [1.165, 1.54) is 33.5 Å². The number of amides is 2. The van der Waals surface area contributed by atoms with Crippen LogP contribution in [-0.4, -0.2) is 47.9 Å². The van der Waals surface area contributed by atoms with Gasteiger partial charge in [-0.1, -0.05) is 30.7 Å². The molecule has 0 saturated heterocycles. The molecule has 35 heavy (non-hydrogen) atoms. The zero-order valence-corrected chi connectivity index (χ0v) is 21.2. The molecule has 184 valence electrons. The summed E-state index contributed by atoms with van der Waals surface area (Å²) in [6, 6.07) is 13.5. The quantitative estimate of drug-likeness (QED) is 0.412. The molecule has 1 atom stereocenters. The maximum absolute atomic E-state index is 13.7. The monoisotopic (exact) mass is 494 g/mol. The number of fused-ring (bicyclic) bond motifs is 1. The third-order valence-electron chi connectivity index (χ3n) is 6.32. The predicted molar refractivity (Wildman–Crippen MR) is 136 cm³/mol. The zero-order valence-electron chi connectivity index (χ0n) is 20.4. The maximum atomic E-state index is 13.7. The molecule has 2 heterocycles. The number of halogens is 1. The molecule has 0 radical (unpaired) electrons. The summed E-state index contributed by atoms with van der Waals surface area (Å²) in [7, 11) is 0. The van der Waals surface area contributed by atoms with Crippen molar-refractivity contribution in [2.24, 2.45) is 0 Å². The lowest BCUT2D eigenvalue weighted by Crippen LogP contribution is -2.48. The Morgan fingerprint density at radius 3 is 2.74 bits per heavy atom. The van der Waals surface area contributed by atoms with Crippen molar-refractivity contribution in [3.8, 4) is 5.75 Å². The Kier molecular flexibility index (Phi) is 7.86. The van der Waals surface area contributed by atoms with E-state index in [-0.39, 0.29) is 30.0 Å². The zero-order chi connectivity index (χ0) is 24.9. The van der Waals surface area contributed by atoms with Gasteiger partial charge in [0.1, 0.15) is 24.7 Å². The fraction of sp³-hybridized carbons (Fsp3) is 0.357. The van der Waals surface area contributed by atoms with Gasteiger partial charge in [-0.25, -0.2) is 4.39 Å². The van der Waals surface area contributed by atoms with Crippen LogP contribution in [0, 0.1) is 19.7 Å². The summed E-state index contributed by atoms with van der Waals surface area (Å²) in [5.74, 6) is -0.132. The molecule has 2 aromatic carbocycles. The van der Waals surface area contributed by atoms with Gasteiger partial charge in [0.15, 0.2) is 0 Å². The molecule has 5 nitrogen and oxygen atoms in total. The first kappa shape index (κ1) is 24.9. The number of ether oxygens (including phenoxy) is 1. The molecule has 1 aromatic heterocycles. The van der Waals surface area contributed by atoms with Crippen molar-refractivity contribution < 1.29 is 18.7 Å². The number of hydrogen-bond donors (Lipinski definition) is 0. The van der Waals surface area contributed by atoms with Gasteiger partial charge in [-0.2, -0.15) is 0 Å². The Hall–Kier alpha value is -3.19. The van der Waals surface area contributed by atoms with Crippen molar-refractivity contribution in [1.29, 1.82) is 0 Å². The third-order valence-corrected chi connectivity index (χ3v) is 7.32. The highest BCUT2D eigenvalue weighted by molar-refractivity contribution is 7.10. The van der Waals surface area contributed by atoms with Gasteiger partial charge in [-0.3, -0.25) is 9.59 Å². The highest BCUT2D eigenvalue weighted by Gasteiger charge is 2.33. The van der Waals surface area contributed by atoms with Crippen LogP contribution in [0.5, 0.6) is 5.75 Å². The predicted octanol–water partition coefficient (Wildman–Crippen LogP) is 5.56. The van der Waals surface area contributed by atoms with Crippen molar-refractivity contribution in [3.05, 3.63) is 86.9 Å². The molecule has 0 bridgehead atoms. The fourth-order valence-corrected chi connectivity index (χ4v) is 5.51. The summed E-state index contributed by atoms with van der Waals surface area (Å²) in [4.78, 5) is 31.3. The van der Waals surface area contributed by atoms with E-state index < -0.39 is 5.82 Å². The summed E-state index contributed by atoms with van der Waals surface area (Å²) in [5.41, 5.74) is 3.58. The largest absolute Gasteiger partial charge is 0.491 e. The van der Waals surface area contributed by atoms with Crippen LogP contribution in [0.1, 0.15) is 51.3 Å². The molecule has 2 amide bonds.